The predicted molar refractivity (Wildman–Crippen MR) is 100 cm³/mol. The minimum atomic E-state index is -3.58. The number of imidazole rings is 1. The fraction of sp³-hybridized carbons (Fsp3) is 0.474. The Balaban J connectivity index is 1.33. The normalized spacial score (nSPS) is 18.8. The first kappa shape index (κ1) is 16.9. The summed E-state index contributed by atoms with van der Waals surface area (Å²) in [4.78, 5) is 18.5. The van der Waals surface area contributed by atoms with Crippen LogP contribution in [0.3, 0.4) is 0 Å². The molecule has 8 heteroatoms. The molecule has 1 saturated carbocycles. The Morgan fingerprint density at radius 2 is 1.93 bits per heavy atom. The van der Waals surface area contributed by atoms with Crippen molar-refractivity contribution in [1.82, 2.24) is 14.3 Å². The Kier molecular flexibility index (Phi) is 3.87. The molecule has 2 aromatic rings. The Bertz CT molecular complexity index is 1020. The number of carbonyl (C=O) groups excluding carboxylic acids is 1. The first-order valence-electron chi connectivity index (χ1n) is 9.50. The quantitative estimate of drug-likeness (QED) is 0.817. The third kappa shape index (κ3) is 2.96. The maximum Gasteiger partial charge on any atom is 0.240 e. The van der Waals surface area contributed by atoms with Crippen LogP contribution < -0.4 is 9.62 Å². The second-order valence-corrected chi connectivity index (χ2v) is 9.30. The van der Waals surface area contributed by atoms with Gasteiger partial charge in [-0.25, -0.2) is 18.1 Å². The van der Waals surface area contributed by atoms with Crippen molar-refractivity contribution in [2.75, 3.05) is 18.0 Å². The molecule has 1 amide bonds. The monoisotopic (exact) mass is 386 g/mol. The Morgan fingerprint density at radius 1 is 1.15 bits per heavy atom. The van der Waals surface area contributed by atoms with Gasteiger partial charge < -0.3 is 9.47 Å². The fourth-order valence-corrected chi connectivity index (χ4v) is 5.30. The van der Waals surface area contributed by atoms with Gasteiger partial charge in [0.1, 0.15) is 5.82 Å². The molecule has 1 aliphatic carbocycles. The smallest absolute Gasteiger partial charge is 0.240 e. The second kappa shape index (κ2) is 6.17. The van der Waals surface area contributed by atoms with E-state index in [2.05, 4.69) is 9.71 Å². The summed E-state index contributed by atoms with van der Waals surface area (Å²) < 4.78 is 30.4. The van der Waals surface area contributed by atoms with Gasteiger partial charge in [0.15, 0.2) is 0 Å². The molecule has 5 rings (SSSR count). The summed E-state index contributed by atoms with van der Waals surface area (Å²) in [5.74, 6) is 1.73. The third-order valence-corrected chi connectivity index (χ3v) is 7.11. The number of nitrogens with one attached hydrogen (secondary N) is 1. The highest BCUT2D eigenvalue weighted by atomic mass is 32.2. The molecule has 0 unspecified atom stereocenters. The van der Waals surface area contributed by atoms with E-state index in [1.807, 2.05) is 10.8 Å². The van der Waals surface area contributed by atoms with Gasteiger partial charge in [0.05, 0.1) is 10.6 Å². The van der Waals surface area contributed by atoms with Gasteiger partial charge in [-0.15, -0.1) is 0 Å². The molecule has 1 aromatic carbocycles. The largest absolute Gasteiger partial charge is 0.333 e. The number of anilines is 1. The number of aryl methyl sites for hydroxylation is 1. The molecule has 0 bridgehead atoms. The van der Waals surface area contributed by atoms with E-state index in [0.717, 1.165) is 29.1 Å². The average molecular weight is 386 g/mol. The maximum atomic E-state index is 12.8. The summed E-state index contributed by atoms with van der Waals surface area (Å²) in [6.45, 7) is 1.56. The summed E-state index contributed by atoms with van der Waals surface area (Å²) in [7, 11) is -3.58. The van der Waals surface area contributed by atoms with E-state index in [4.69, 9.17) is 0 Å². The second-order valence-electron chi connectivity index (χ2n) is 7.54. The fourth-order valence-electron chi connectivity index (χ4n) is 4.18. The molecule has 0 atom stereocenters. The molecule has 27 heavy (non-hydrogen) atoms. The van der Waals surface area contributed by atoms with E-state index in [-0.39, 0.29) is 5.91 Å². The molecule has 0 spiro atoms. The number of amides is 1. The van der Waals surface area contributed by atoms with Gasteiger partial charge in [-0.05, 0) is 48.9 Å². The predicted octanol–water partition coefficient (Wildman–Crippen LogP) is 1.57. The van der Waals surface area contributed by atoms with Crippen LogP contribution in [0.1, 0.15) is 42.1 Å². The molecule has 1 N–H and O–H groups in total. The molecule has 0 saturated heterocycles. The van der Waals surface area contributed by atoms with Crippen molar-refractivity contribution in [1.29, 1.82) is 0 Å². The zero-order chi connectivity index (χ0) is 18.6. The lowest BCUT2D eigenvalue weighted by atomic mass is 10.00. The number of nitrogens with zero attached hydrogens (tertiary/aromatic N) is 3. The third-order valence-electron chi connectivity index (χ3n) is 5.67. The first-order chi connectivity index (χ1) is 13.0. The standard InChI is InChI=1S/C19H22N4O3S/c24-17-4-3-14-11-16(12-15-5-8-23(17)18(14)15)27(25,26)21-7-10-22-9-6-20-19(22)13-1-2-13/h6,9,11-13,21H,1-5,7-8,10H2. The molecular weight excluding hydrogens is 364 g/mol. The zero-order valence-corrected chi connectivity index (χ0v) is 15.8. The molecule has 3 aliphatic rings. The van der Waals surface area contributed by atoms with Crippen molar-refractivity contribution in [3.63, 3.8) is 0 Å². The summed E-state index contributed by atoms with van der Waals surface area (Å²) in [6.07, 6.45) is 7.81. The van der Waals surface area contributed by atoms with Crippen LogP contribution in [0.4, 0.5) is 5.69 Å². The topological polar surface area (TPSA) is 84.3 Å². The van der Waals surface area contributed by atoms with Crippen molar-refractivity contribution in [3.05, 3.63) is 41.5 Å². The minimum Gasteiger partial charge on any atom is -0.333 e. The van der Waals surface area contributed by atoms with Crippen LogP contribution in [0.25, 0.3) is 0 Å². The minimum absolute atomic E-state index is 0.141. The summed E-state index contributed by atoms with van der Waals surface area (Å²) in [6, 6.07) is 3.46. The van der Waals surface area contributed by atoms with Crippen LogP contribution in [0.15, 0.2) is 29.4 Å². The molecule has 7 nitrogen and oxygen atoms in total. The SMILES string of the molecule is O=C1CCc2cc(S(=O)(=O)NCCn3ccnc3C3CC3)cc3c2N1CC3. The maximum absolute atomic E-state index is 12.8. The lowest BCUT2D eigenvalue weighted by Gasteiger charge is -2.25. The number of hydrogen-bond donors (Lipinski definition) is 1. The van der Waals surface area contributed by atoms with Gasteiger partial charge in [-0.3, -0.25) is 4.79 Å². The number of hydrogen-bond acceptors (Lipinski definition) is 4. The van der Waals surface area contributed by atoms with Crippen LogP contribution in [-0.4, -0.2) is 37.0 Å². The summed E-state index contributed by atoms with van der Waals surface area (Å²) >= 11 is 0. The average Bonchev–Trinajstić information content (AvgIpc) is 3.22. The lowest BCUT2D eigenvalue weighted by molar-refractivity contribution is -0.118. The van der Waals surface area contributed by atoms with E-state index in [1.165, 1.54) is 12.8 Å². The van der Waals surface area contributed by atoms with E-state index in [9.17, 15) is 13.2 Å². The zero-order valence-electron chi connectivity index (χ0n) is 15.0. The van der Waals surface area contributed by atoms with Crippen molar-refractivity contribution in [3.8, 4) is 0 Å². The van der Waals surface area contributed by atoms with Crippen LogP contribution in [0, 0.1) is 0 Å². The van der Waals surface area contributed by atoms with Crippen LogP contribution >= 0.6 is 0 Å². The van der Waals surface area contributed by atoms with Crippen molar-refractivity contribution in [2.45, 2.75) is 49.5 Å². The van der Waals surface area contributed by atoms with E-state index >= 15 is 0 Å². The van der Waals surface area contributed by atoms with E-state index in [1.54, 1.807) is 23.2 Å². The lowest BCUT2D eigenvalue weighted by Crippen LogP contribution is -2.33. The van der Waals surface area contributed by atoms with Crippen LogP contribution in [0.5, 0.6) is 0 Å². The van der Waals surface area contributed by atoms with Gasteiger partial charge in [0.2, 0.25) is 15.9 Å². The van der Waals surface area contributed by atoms with E-state index in [0.29, 0.717) is 43.3 Å². The Morgan fingerprint density at radius 3 is 2.70 bits per heavy atom. The van der Waals surface area contributed by atoms with Crippen molar-refractivity contribution in [2.24, 2.45) is 0 Å². The highest BCUT2D eigenvalue weighted by Gasteiger charge is 2.33. The van der Waals surface area contributed by atoms with Gasteiger partial charge >= 0.3 is 0 Å². The van der Waals surface area contributed by atoms with E-state index < -0.39 is 10.0 Å². The molecule has 0 radical (unpaired) electrons. The molecular formula is C19H22N4O3S. The van der Waals surface area contributed by atoms with Crippen LogP contribution in [0.2, 0.25) is 0 Å². The first-order valence-corrected chi connectivity index (χ1v) is 11.0. The highest BCUT2D eigenvalue weighted by molar-refractivity contribution is 7.89. The molecule has 1 fully saturated rings. The summed E-state index contributed by atoms with van der Waals surface area (Å²) in [5, 5.41) is 0. The van der Waals surface area contributed by atoms with Crippen molar-refractivity contribution < 1.29 is 13.2 Å². The number of sulfonamides is 1. The Hall–Kier alpha value is -2.19. The highest BCUT2D eigenvalue weighted by Crippen LogP contribution is 2.39. The van der Waals surface area contributed by atoms with Crippen molar-refractivity contribution >= 4 is 21.6 Å². The number of rotatable bonds is 6. The molecule has 3 heterocycles. The summed E-state index contributed by atoms with van der Waals surface area (Å²) in [5.41, 5.74) is 2.87. The Labute approximate surface area is 158 Å². The van der Waals surface area contributed by atoms with Gasteiger partial charge in [-0.2, -0.15) is 0 Å². The van der Waals surface area contributed by atoms with Gasteiger partial charge in [0.25, 0.3) is 0 Å². The molecule has 1 aromatic heterocycles. The van der Waals surface area contributed by atoms with Crippen LogP contribution in [-0.2, 0) is 34.2 Å². The molecule has 142 valence electrons. The van der Waals surface area contributed by atoms with Gasteiger partial charge in [0, 0.05) is 44.4 Å². The number of aromatic nitrogens is 2. The number of carbonyl (C=O) groups is 1. The molecule has 2 aliphatic heterocycles. The number of benzene rings is 1. The van der Waals surface area contributed by atoms with Gasteiger partial charge in [-0.1, -0.05) is 0 Å².